The second kappa shape index (κ2) is 7.79. The largest absolute Gasteiger partial charge is 0.381 e. The average Bonchev–Trinajstić information content (AvgIpc) is 3.08. The van der Waals surface area contributed by atoms with Crippen LogP contribution in [0, 0.1) is 0 Å². The first-order valence-electron chi connectivity index (χ1n) is 7.64. The molecule has 0 spiro atoms. The Morgan fingerprint density at radius 2 is 1.83 bits per heavy atom. The number of hydrogen-bond donors (Lipinski definition) is 2. The molecule has 3 nitrogen and oxygen atoms in total. The molecule has 2 aromatic rings. The van der Waals surface area contributed by atoms with Crippen molar-refractivity contribution in [1.29, 1.82) is 0 Å². The number of benzene rings is 2. The molecule has 0 aliphatic carbocycles. The van der Waals surface area contributed by atoms with Gasteiger partial charge in [-0.05, 0) is 35.4 Å². The molecule has 1 aliphatic rings. The quantitative estimate of drug-likeness (QED) is 0.822. The van der Waals surface area contributed by atoms with E-state index in [0.29, 0.717) is 4.58 Å². The van der Waals surface area contributed by atoms with Gasteiger partial charge in [0.05, 0.1) is 4.58 Å². The SMILES string of the molecule is CC(=O)Nc1ccc(CNc2cccc(C3SCCS3)c2)cc1. The summed E-state index contributed by atoms with van der Waals surface area (Å²) in [6, 6.07) is 16.6. The minimum Gasteiger partial charge on any atom is -0.381 e. The fourth-order valence-corrected chi connectivity index (χ4v) is 5.30. The molecule has 1 saturated heterocycles. The van der Waals surface area contributed by atoms with Gasteiger partial charge in [-0.2, -0.15) is 0 Å². The van der Waals surface area contributed by atoms with E-state index in [1.807, 2.05) is 47.8 Å². The van der Waals surface area contributed by atoms with Gasteiger partial charge in [0, 0.05) is 36.3 Å². The zero-order valence-corrected chi connectivity index (χ0v) is 14.7. The number of nitrogens with one attached hydrogen (secondary N) is 2. The van der Waals surface area contributed by atoms with Gasteiger partial charge in [-0.15, -0.1) is 23.5 Å². The van der Waals surface area contributed by atoms with Crippen LogP contribution in [0.2, 0.25) is 0 Å². The molecule has 1 amide bonds. The maximum atomic E-state index is 11.0. The molecular formula is C18H20N2OS2. The molecule has 1 heterocycles. The maximum absolute atomic E-state index is 11.0. The molecule has 5 heteroatoms. The Labute approximate surface area is 145 Å². The molecule has 23 heavy (non-hydrogen) atoms. The van der Waals surface area contributed by atoms with Crippen LogP contribution in [0.25, 0.3) is 0 Å². The molecule has 0 atom stereocenters. The van der Waals surface area contributed by atoms with Crippen LogP contribution in [0.3, 0.4) is 0 Å². The van der Waals surface area contributed by atoms with Crippen LogP contribution >= 0.6 is 23.5 Å². The Bertz CT molecular complexity index is 667. The van der Waals surface area contributed by atoms with Crippen LogP contribution in [0.1, 0.15) is 22.6 Å². The molecule has 2 N–H and O–H groups in total. The molecule has 1 aliphatic heterocycles. The van der Waals surface area contributed by atoms with Crippen LogP contribution in [0.15, 0.2) is 48.5 Å². The molecule has 1 fully saturated rings. The Balaban J connectivity index is 1.59. The van der Waals surface area contributed by atoms with E-state index < -0.39 is 0 Å². The standard InChI is InChI=1S/C18H20N2OS2/c1-13(21)20-16-7-5-14(6-8-16)12-19-17-4-2-3-15(11-17)18-22-9-10-23-18/h2-8,11,18-19H,9-10,12H2,1H3,(H,20,21). The van der Waals surface area contributed by atoms with Gasteiger partial charge in [0.2, 0.25) is 5.91 Å². The summed E-state index contributed by atoms with van der Waals surface area (Å²) < 4.78 is 0.577. The number of thioether (sulfide) groups is 2. The first-order valence-corrected chi connectivity index (χ1v) is 9.74. The van der Waals surface area contributed by atoms with Crippen LogP contribution in [0.4, 0.5) is 11.4 Å². The van der Waals surface area contributed by atoms with Crippen molar-refractivity contribution in [3.05, 3.63) is 59.7 Å². The van der Waals surface area contributed by atoms with Gasteiger partial charge in [0.1, 0.15) is 0 Å². The monoisotopic (exact) mass is 344 g/mol. The van der Waals surface area contributed by atoms with Crippen LogP contribution in [0.5, 0.6) is 0 Å². The average molecular weight is 345 g/mol. The highest BCUT2D eigenvalue weighted by molar-refractivity contribution is 8.19. The lowest BCUT2D eigenvalue weighted by molar-refractivity contribution is -0.114. The zero-order valence-electron chi connectivity index (χ0n) is 13.0. The van der Waals surface area contributed by atoms with Gasteiger partial charge in [0.15, 0.2) is 0 Å². The third-order valence-corrected chi connectivity index (χ3v) is 6.66. The van der Waals surface area contributed by atoms with Crippen LogP contribution in [-0.2, 0) is 11.3 Å². The number of carbonyl (C=O) groups is 1. The number of amides is 1. The van der Waals surface area contributed by atoms with Gasteiger partial charge in [-0.3, -0.25) is 4.79 Å². The molecule has 2 aromatic carbocycles. The Morgan fingerprint density at radius 3 is 2.52 bits per heavy atom. The van der Waals surface area contributed by atoms with E-state index in [2.05, 4.69) is 34.9 Å². The summed E-state index contributed by atoms with van der Waals surface area (Å²) in [5.74, 6) is 2.44. The minimum absolute atomic E-state index is 0.0460. The highest BCUT2D eigenvalue weighted by atomic mass is 32.2. The molecule has 3 rings (SSSR count). The topological polar surface area (TPSA) is 41.1 Å². The zero-order chi connectivity index (χ0) is 16.1. The lowest BCUT2D eigenvalue weighted by Gasteiger charge is -2.12. The third-order valence-electron chi connectivity index (χ3n) is 3.55. The maximum Gasteiger partial charge on any atom is 0.221 e. The Morgan fingerprint density at radius 1 is 1.09 bits per heavy atom. The van der Waals surface area contributed by atoms with Gasteiger partial charge in [-0.1, -0.05) is 24.3 Å². The first kappa shape index (κ1) is 16.3. The Kier molecular flexibility index (Phi) is 5.51. The van der Waals surface area contributed by atoms with E-state index in [9.17, 15) is 4.79 Å². The van der Waals surface area contributed by atoms with E-state index in [4.69, 9.17) is 0 Å². The number of rotatable bonds is 5. The van der Waals surface area contributed by atoms with E-state index in [1.54, 1.807) is 0 Å². The van der Waals surface area contributed by atoms with Crippen molar-refractivity contribution >= 4 is 40.8 Å². The van der Waals surface area contributed by atoms with Crippen molar-refractivity contribution in [2.75, 3.05) is 22.1 Å². The molecule has 120 valence electrons. The van der Waals surface area contributed by atoms with E-state index >= 15 is 0 Å². The number of anilines is 2. The van der Waals surface area contributed by atoms with Crippen LogP contribution in [-0.4, -0.2) is 17.4 Å². The van der Waals surface area contributed by atoms with Crippen molar-refractivity contribution in [1.82, 2.24) is 0 Å². The minimum atomic E-state index is -0.0460. The van der Waals surface area contributed by atoms with Gasteiger partial charge < -0.3 is 10.6 Å². The van der Waals surface area contributed by atoms with Crippen LogP contribution < -0.4 is 10.6 Å². The van der Waals surface area contributed by atoms with Crippen molar-refractivity contribution in [3.8, 4) is 0 Å². The summed E-state index contributed by atoms with van der Waals surface area (Å²) in [6.45, 7) is 2.29. The number of carbonyl (C=O) groups excluding carboxylic acids is 1. The predicted molar refractivity (Wildman–Crippen MR) is 102 cm³/mol. The first-order chi connectivity index (χ1) is 11.2. The normalized spacial score (nSPS) is 14.7. The number of hydrogen-bond acceptors (Lipinski definition) is 4. The molecule has 0 aromatic heterocycles. The summed E-state index contributed by atoms with van der Waals surface area (Å²) in [4.78, 5) is 11.0. The molecule has 0 bridgehead atoms. The second-order valence-electron chi connectivity index (χ2n) is 5.43. The van der Waals surface area contributed by atoms with Crippen molar-refractivity contribution in [2.24, 2.45) is 0 Å². The van der Waals surface area contributed by atoms with Crippen molar-refractivity contribution in [2.45, 2.75) is 18.1 Å². The lowest BCUT2D eigenvalue weighted by Crippen LogP contribution is -2.06. The predicted octanol–water partition coefficient (Wildman–Crippen LogP) is 4.74. The fraction of sp³-hybridized carbons (Fsp3) is 0.278. The second-order valence-corrected chi connectivity index (χ2v) is 8.16. The summed E-state index contributed by atoms with van der Waals surface area (Å²) in [6.07, 6.45) is 0. The summed E-state index contributed by atoms with van der Waals surface area (Å²) in [7, 11) is 0. The summed E-state index contributed by atoms with van der Waals surface area (Å²) in [5, 5.41) is 6.26. The fourth-order valence-electron chi connectivity index (χ4n) is 2.46. The summed E-state index contributed by atoms with van der Waals surface area (Å²) in [5.41, 5.74) is 4.57. The van der Waals surface area contributed by atoms with Gasteiger partial charge in [-0.25, -0.2) is 0 Å². The van der Waals surface area contributed by atoms with E-state index in [0.717, 1.165) is 17.9 Å². The highest BCUT2D eigenvalue weighted by Crippen LogP contribution is 2.45. The highest BCUT2D eigenvalue weighted by Gasteiger charge is 2.18. The molecule has 0 unspecified atom stereocenters. The van der Waals surface area contributed by atoms with E-state index in [1.165, 1.54) is 29.6 Å². The van der Waals surface area contributed by atoms with Gasteiger partial charge in [0.25, 0.3) is 0 Å². The molecular weight excluding hydrogens is 324 g/mol. The van der Waals surface area contributed by atoms with Gasteiger partial charge >= 0.3 is 0 Å². The molecule has 0 radical (unpaired) electrons. The smallest absolute Gasteiger partial charge is 0.221 e. The summed E-state index contributed by atoms with van der Waals surface area (Å²) >= 11 is 4.05. The van der Waals surface area contributed by atoms with Crippen molar-refractivity contribution < 1.29 is 4.79 Å². The van der Waals surface area contributed by atoms with E-state index in [-0.39, 0.29) is 5.91 Å². The third kappa shape index (κ3) is 4.69. The Hall–Kier alpha value is -1.59. The van der Waals surface area contributed by atoms with Crippen molar-refractivity contribution in [3.63, 3.8) is 0 Å². The lowest BCUT2D eigenvalue weighted by atomic mass is 10.2. The molecule has 0 saturated carbocycles.